The molecule has 1 saturated heterocycles. The molecule has 1 aromatic carbocycles. The zero-order chi connectivity index (χ0) is 20.9. The molecule has 30 heavy (non-hydrogen) atoms. The van der Waals surface area contributed by atoms with Crippen LogP contribution >= 0.6 is 24.0 Å². The number of hydrogen-bond donors (Lipinski definition) is 2. The number of benzene rings is 1. The van der Waals surface area contributed by atoms with Gasteiger partial charge in [-0.2, -0.15) is 4.31 Å². The Morgan fingerprint density at radius 3 is 2.40 bits per heavy atom. The Morgan fingerprint density at radius 2 is 1.87 bits per heavy atom. The Labute approximate surface area is 192 Å². The summed E-state index contributed by atoms with van der Waals surface area (Å²) in [5.41, 5.74) is 7.08. The van der Waals surface area contributed by atoms with Crippen molar-refractivity contribution in [3.63, 3.8) is 0 Å². The van der Waals surface area contributed by atoms with E-state index >= 15 is 0 Å². The molecule has 0 atom stereocenters. The summed E-state index contributed by atoms with van der Waals surface area (Å²) in [5.74, 6) is 0.0619. The molecule has 1 aliphatic rings. The van der Waals surface area contributed by atoms with Crippen LogP contribution < -0.4 is 11.1 Å². The second kappa shape index (κ2) is 10.7. The number of aromatic nitrogens is 1. The van der Waals surface area contributed by atoms with Crippen LogP contribution in [-0.2, 0) is 22.3 Å². The summed E-state index contributed by atoms with van der Waals surface area (Å²) in [6.07, 6.45) is 1.36. The Hall–Kier alpha value is -2.19. The third-order valence-corrected chi connectivity index (χ3v) is 6.47. The maximum atomic E-state index is 12.5. The average molecular weight is 548 g/mol. The van der Waals surface area contributed by atoms with Crippen LogP contribution in [0.4, 0.5) is 0 Å². The van der Waals surface area contributed by atoms with Gasteiger partial charge in [-0.05, 0) is 17.7 Å². The number of halogens is 1. The number of sulfonamides is 1. The van der Waals surface area contributed by atoms with Gasteiger partial charge in [0.25, 0.3) is 0 Å². The van der Waals surface area contributed by atoms with Gasteiger partial charge in [0.05, 0.1) is 5.69 Å². The summed E-state index contributed by atoms with van der Waals surface area (Å²) in [4.78, 5) is 17.4. The van der Waals surface area contributed by atoms with Gasteiger partial charge in [-0.25, -0.2) is 8.42 Å². The summed E-state index contributed by atoms with van der Waals surface area (Å²) in [7, 11) is -1.76. The number of rotatable bonds is 6. The van der Waals surface area contributed by atoms with Gasteiger partial charge in [-0.15, -0.1) is 24.0 Å². The number of piperazine rings is 1. The highest BCUT2D eigenvalue weighted by molar-refractivity contribution is 14.0. The van der Waals surface area contributed by atoms with Crippen molar-refractivity contribution in [3.8, 4) is 0 Å². The average Bonchev–Trinajstić information content (AvgIpc) is 3.21. The number of nitrogens with zero attached hydrogens (tertiary/aromatic N) is 4. The first-order valence-electron chi connectivity index (χ1n) is 9.10. The van der Waals surface area contributed by atoms with E-state index in [0.29, 0.717) is 49.9 Å². The largest absolute Gasteiger partial charge is 0.366 e. The Bertz CT molecular complexity index is 955. The first-order valence-corrected chi connectivity index (χ1v) is 10.7. The van der Waals surface area contributed by atoms with Crippen molar-refractivity contribution in [1.29, 1.82) is 0 Å². The molecule has 0 aliphatic carbocycles. The second-order valence-electron chi connectivity index (χ2n) is 6.60. The maximum absolute atomic E-state index is 12.5. The fourth-order valence-corrected chi connectivity index (χ4v) is 4.49. The van der Waals surface area contributed by atoms with Gasteiger partial charge >= 0.3 is 0 Å². The zero-order valence-corrected chi connectivity index (χ0v) is 19.7. The summed E-state index contributed by atoms with van der Waals surface area (Å²) in [5, 5.41) is 6.94. The predicted molar refractivity (Wildman–Crippen MR) is 123 cm³/mol. The summed E-state index contributed by atoms with van der Waals surface area (Å²) < 4.78 is 31.2. The van der Waals surface area contributed by atoms with Gasteiger partial charge in [-0.3, -0.25) is 9.79 Å². The van der Waals surface area contributed by atoms with Crippen LogP contribution in [0, 0.1) is 0 Å². The maximum Gasteiger partial charge on any atom is 0.248 e. The van der Waals surface area contributed by atoms with Crippen LogP contribution in [0.15, 0.2) is 46.1 Å². The number of nitrogens with one attached hydrogen (secondary N) is 1. The van der Waals surface area contributed by atoms with Crippen molar-refractivity contribution in [2.24, 2.45) is 10.7 Å². The highest BCUT2D eigenvalue weighted by Crippen LogP contribution is 2.13. The van der Waals surface area contributed by atoms with E-state index in [1.807, 2.05) is 17.0 Å². The molecule has 0 bridgehead atoms. The van der Waals surface area contributed by atoms with Crippen LogP contribution in [0.2, 0.25) is 0 Å². The number of carbonyl (C=O) groups is 1. The van der Waals surface area contributed by atoms with Crippen molar-refractivity contribution in [1.82, 2.24) is 19.7 Å². The van der Waals surface area contributed by atoms with Crippen LogP contribution in [0.5, 0.6) is 0 Å². The quantitative estimate of drug-likeness (QED) is 0.307. The van der Waals surface area contributed by atoms with Crippen LogP contribution in [0.1, 0.15) is 21.6 Å². The van der Waals surface area contributed by atoms with Crippen LogP contribution in [0.25, 0.3) is 0 Å². The highest BCUT2D eigenvalue weighted by Gasteiger charge is 2.28. The van der Waals surface area contributed by atoms with Crippen molar-refractivity contribution < 1.29 is 17.7 Å². The lowest BCUT2D eigenvalue weighted by Gasteiger charge is -2.35. The molecule has 3 rings (SSSR count). The van der Waals surface area contributed by atoms with Gasteiger partial charge in [-0.1, -0.05) is 17.3 Å². The van der Waals surface area contributed by atoms with E-state index < -0.39 is 15.9 Å². The Kier molecular flexibility index (Phi) is 8.61. The lowest BCUT2D eigenvalue weighted by atomic mass is 10.1. The Morgan fingerprint density at radius 1 is 1.20 bits per heavy atom. The SMILES string of the molecule is CN=C(NCc1ccc(C(N)=O)cc1)N1CCN(S(=O)(=O)Cc2ccon2)CC1.I. The van der Waals surface area contributed by atoms with Gasteiger partial charge < -0.3 is 20.5 Å². The minimum atomic E-state index is -3.44. The number of guanidine groups is 1. The van der Waals surface area contributed by atoms with Gasteiger partial charge in [0, 0.05) is 51.4 Å². The molecule has 1 amide bonds. The van der Waals surface area contributed by atoms with E-state index in [-0.39, 0.29) is 29.7 Å². The minimum Gasteiger partial charge on any atom is -0.366 e. The third-order valence-electron chi connectivity index (χ3n) is 4.65. The number of hydrogen-bond acceptors (Lipinski definition) is 6. The smallest absolute Gasteiger partial charge is 0.248 e. The van der Waals surface area contributed by atoms with Crippen molar-refractivity contribution in [2.45, 2.75) is 12.3 Å². The molecule has 0 spiro atoms. The van der Waals surface area contributed by atoms with Crippen LogP contribution in [-0.4, -0.2) is 67.9 Å². The molecular formula is C18H25IN6O4S. The number of nitrogens with two attached hydrogens (primary N) is 1. The van der Waals surface area contributed by atoms with E-state index in [1.54, 1.807) is 25.2 Å². The first kappa shape index (κ1) is 24.1. The normalized spacial score (nSPS) is 15.5. The molecule has 10 nitrogen and oxygen atoms in total. The lowest BCUT2D eigenvalue weighted by Crippen LogP contribution is -2.53. The second-order valence-corrected chi connectivity index (χ2v) is 8.56. The Balaban J connectivity index is 0.00000320. The fourth-order valence-electron chi connectivity index (χ4n) is 3.07. The predicted octanol–water partition coefficient (Wildman–Crippen LogP) is 0.615. The van der Waals surface area contributed by atoms with E-state index in [9.17, 15) is 13.2 Å². The third kappa shape index (κ3) is 6.15. The molecule has 3 N–H and O–H groups in total. The fraction of sp³-hybridized carbons (Fsp3) is 0.389. The van der Waals surface area contributed by atoms with Crippen molar-refractivity contribution in [3.05, 3.63) is 53.4 Å². The lowest BCUT2D eigenvalue weighted by molar-refractivity contribution is 0.1000. The molecule has 0 saturated carbocycles. The molecule has 2 aromatic rings. The standard InChI is InChI=1S/C18H24N6O4S.HI/c1-20-18(21-12-14-2-4-15(5-3-14)17(19)25)23-7-9-24(10-8-23)29(26,27)13-16-6-11-28-22-16;/h2-6,11H,7-10,12-13H2,1H3,(H2,19,25)(H,20,21);1H. The molecule has 2 heterocycles. The molecule has 0 radical (unpaired) electrons. The number of carbonyl (C=O) groups excluding carboxylic acids is 1. The van der Waals surface area contributed by atoms with Gasteiger partial charge in [0.1, 0.15) is 12.0 Å². The molecule has 0 unspecified atom stereocenters. The summed E-state index contributed by atoms with van der Waals surface area (Å²) >= 11 is 0. The zero-order valence-electron chi connectivity index (χ0n) is 16.5. The van der Waals surface area contributed by atoms with E-state index in [1.165, 1.54) is 10.6 Å². The van der Waals surface area contributed by atoms with Gasteiger partial charge in [0.2, 0.25) is 15.9 Å². The molecule has 1 aromatic heterocycles. The van der Waals surface area contributed by atoms with Gasteiger partial charge in [0.15, 0.2) is 5.96 Å². The molecule has 164 valence electrons. The first-order chi connectivity index (χ1) is 13.9. The summed E-state index contributed by atoms with van der Waals surface area (Å²) in [6.45, 7) is 2.31. The summed E-state index contributed by atoms with van der Waals surface area (Å²) in [6, 6.07) is 8.57. The van der Waals surface area contributed by atoms with E-state index in [4.69, 9.17) is 10.3 Å². The molecule has 1 fully saturated rings. The molecular weight excluding hydrogens is 523 g/mol. The minimum absolute atomic E-state index is 0. The topological polar surface area (TPSA) is 134 Å². The van der Waals surface area contributed by atoms with E-state index in [2.05, 4.69) is 15.5 Å². The number of aliphatic imine (C=N–C) groups is 1. The molecule has 1 aliphatic heterocycles. The van der Waals surface area contributed by atoms with Crippen molar-refractivity contribution >= 4 is 45.9 Å². The highest BCUT2D eigenvalue weighted by atomic mass is 127. The van der Waals surface area contributed by atoms with E-state index in [0.717, 1.165) is 5.56 Å². The monoisotopic (exact) mass is 548 g/mol. The number of amides is 1. The van der Waals surface area contributed by atoms with Crippen LogP contribution in [0.3, 0.4) is 0 Å². The van der Waals surface area contributed by atoms with Crippen molar-refractivity contribution in [2.75, 3.05) is 33.2 Å². The molecule has 12 heteroatoms. The number of primary amides is 1.